The summed E-state index contributed by atoms with van der Waals surface area (Å²) < 4.78 is 0. The van der Waals surface area contributed by atoms with E-state index in [-0.39, 0.29) is 0 Å². The summed E-state index contributed by atoms with van der Waals surface area (Å²) in [5.41, 5.74) is 5.21. The molecule has 2 N–H and O–H groups in total. The first-order chi connectivity index (χ1) is 12.1. The number of rotatable bonds is 4. The van der Waals surface area contributed by atoms with Gasteiger partial charge >= 0.3 is 0 Å². The molecule has 1 aromatic heterocycles. The lowest BCUT2D eigenvalue weighted by Crippen LogP contribution is -2.36. The van der Waals surface area contributed by atoms with Crippen LogP contribution in [0.5, 0.6) is 0 Å². The number of guanidine groups is 1. The zero-order chi connectivity index (χ0) is 17.8. The zero-order valence-corrected chi connectivity index (χ0v) is 16.3. The predicted octanol–water partition coefficient (Wildman–Crippen LogP) is 3.01. The molecule has 0 saturated heterocycles. The number of aliphatic imine (C=N–C) groups is 1. The van der Waals surface area contributed by atoms with Crippen LogP contribution in [0.2, 0.25) is 0 Å². The minimum absolute atomic E-state index is 0.756. The van der Waals surface area contributed by atoms with Crippen LogP contribution in [0, 0.1) is 13.8 Å². The van der Waals surface area contributed by atoms with Gasteiger partial charge in [-0.05, 0) is 43.9 Å². The number of nitrogens with one attached hydrogen (secondary N) is 2. The van der Waals surface area contributed by atoms with Gasteiger partial charge in [0.25, 0.3) is 0 Å². The lowest BCUT2D eigenvalue weighted by Gasteiger charge is -2.28. The van der Waals surface area contributed by atoms with Crippen LogP contribution in [-0.2, 0) is 19.5 Å². The molecule has 0 aliphatic carbocycles. The standard InChI is InChI=1S/C19H27N5S/c1-13-18(25-14(2)23-13)12-22-19(20-3)21-11-15-7-8-17-16(10-15)6-5-9-24(17)4/h7-8,10H,5-6,9,11-12H2,1-4H3,(H2,20,21,22). The van der Waals surface area contributed by atoms with E-state index in [4.69, 9.17) is 0 Å². The molecular weight excluding hydrogens is 330 g/mol. The van der Waals surface area contributed by atoms with Gasteiger partial charge < -0.3 is 15.5 Å². The molecule has 0 bridgehead atoms. The van der Waals surface area contributed by atoms with Gasteiger partial charge in [-0.1, -0.05) is 12.1 Å². The molecule has 25 heavy (non-hydrogen) atoms. The maximum absolute atomic E-state index is 4.47. The van der Waals surface area contributed by atoms with E-state index in [0.29, 0.717) is 0 Å². The second kappa shape index (κ2) is 7.87. The Balaban J connectivity index is 1.57. The average molecular weight is 358 g/mol. The summed E-state index contributed by atoms with van der Waals surface area (Å²) >= 11 is 1.74. The fraction of sp³-hybridized carbons (Fsp3) is 0.474. The fourth-order valence-corrected chi connectivity index (χ4v) is 4.13. The van der Waals surface area contributed by atoms with Gasteiger partial charge in [-0.15, -0.1) is 11.3 Å². The molecule has 0 unspecified atom stereocenters. The van der Waals surface area contributed by atoms with Crippen molar-refractivity contribution < 1.29 is 0 Å². The molecule has 0 spiro atoms. The highest BCUT2D eigenvalue weighted by Crippen LogP contribution is 2.26. The highest BCUT2D eigenvalue weighted by molar-refractivity contribution is 7.11. The molecule has 0 atom stereocenters. The molecule has 0 fully saturated rings. The number of hydrogen-bond donors (Lipinski definition) is 2. The Hall–Kier alpha value is -2.08. The van der Waals surface area contributed by atoms with Crippen LogP contribution < -0.4 is 15.5 Å². The summed E-state index contributed by atoms with van der Waals surface area (Å²) in [6.45, 7) is 6.78. The summed E-state index contributed by atoms with van der Waals surface area (Å²) in [6, 6.07) is 6.77. The van der Waals surface area contributed by atoms with Crippen molar-refractivity contribution in [2.45, 2.75) is 39.8 Å². The number of nitrogens with zero attached hydrogens (tertiary/aromatic N) is 3. The molecule has 0 radical (unpaired) electrons. The molecule has 0 saturated carbocycles. The summed E-state index contributed by atoms with van der Waals surface area (Å²) in [7, 11) is 3.98. The molecule has 3 rings (SSSR count). The van der Waals surface area contributed by atoms with Gasteiger partial charge in [-0.3, -0.25) is 4.99 Å². The number of aromatic nitrogens is 1. The third-order valence-electron chi connectivity index (χ3n) is 4.59. The Morgan fingerprint density at radius 1 is 1.28 bits per heavy atom. The van der Waals surface area contributed by atoms with Gasteiger partial charge in [0, 0.05) is 37.7 Å². The van der Waals surface area contributed by atoms with E-state index in [1.807, 2.05) is 14.0 Å². The lowest BCUT2D eigenvalue weighted by molar-refractivity contribution is 0.740. The van der Waals surface area contributed by atoms with Crippen molar-refractivity contribution >= 4 is 23.0 Å². The molecule has 2 aromatic rings. The van der Waals surface area contributed by atoms with E-state index in [9.17, 15) is 0 Å². The van der Waals surface area contributed by atoms with Crippen molar-refractivity contribution in [2.75, 3.05) is 25.5 Å². The van der Waals surface area contributed by atoms with E-state index >= 15 is 0 Å². The van der Waals surface area contributed by atoms with Crippen LogP contribution in [0.1, 0.15) is 33.1 Å². The van der Waals surface area contributed by atoms with Gasteiger partial charge in [-0.25, -0.2) is 4.98 Å². The Morgan fingerprint density at radius 2 is 2.08 bits per heavy atom. The van der Waals surface area contributed by atoms with Gasteiger partial charge in [0.1, 0.15) is 0 Å². The van der Waals surface area contributed by atoms with E-state index in [2.05, 4.69) is 57.7 Å². The molecular formula is C19H27N5S. The van der Waals surface area contributed by atoms with E-state index in [1.165, 1.54) is 34.5 Å². The third kappa shape index (κ3) is 4.31. The zero-order valence-electron chi connectivity index (χ0n) is 15.5. The number of fused-ring (bicyclic) bond motifs is 1. The number of thiazole rings is 1. The maximum Gasteiger partial charge on any atom is 0.191 e. The van der Waals surface area contributed by atoms with Crippen LogP contribution >= 0.6 is 11.3 Å². The quantitative estimate of drug-likeness (QED) is 0.652. The predicted molar refractivity (Wildman–Crippen MR) is 107 cm³/mol. The molecule has 1 aliphatic rings. The second-order valence-electron chi connectivity index (χ2n) is 6.51. The molecule has 6 heteroatoms. The molecule has 134 valence electrons. The summed E-state index contributed by atoms with van der Waals surface area (Å²) in [5.74, 6) is 0.820. The van der Waals surface area contributed by atoms with Gasteiger partial charge in [0.05, 0.1) is 17.2 Å². The van der Waals surface area contributed by atoms with Gasteiger partial charge in [-0.2, -0.15) is 0 Å². The summed E-state index contributed by atoms with van der Waals surface area (Å²) in [5, 5.41) is 7.90. The minimum atomic E-state index is 0.756. The smallest absolute Gasteiger partial charge is 0.191 e. The van der Waals surface area contributed by atoms with Crippen LogP contribution in [-0.4, -0.2) is 31.6 Å². The monoisotopic (exact) mass is 357 g/mol. The topological polar surface area (TPSA) is 52.6 Å². The Kier molecular flexibility index (Phi) is 5.58. The third-order valence-corrected chi connectivity index (χ3v) is 5.67. The van der Waals surface area contributed by atoms with Gasteiger partial charge in [0.2, 0.25) is 0 Å². The molecule has 1 aliphatic heterocycles. The summed E-state index contributed by atoms with van der Waals surface area (Å²) in [6.07, 6.45) is 2.40. The SMILES string of the molecule is CN=C(NCc1ccc2c(c1)CCCN2C)NCc1sc(C)nc1C. The Bertz CT molecular complexity index is 765. The van der Waals surface area contributed by atoms with Crippen molar-refractivity contribution in [2.24, 2.45) is 4.99 Å². The number of benzene rings is 1. The fourth-order valence-electron chi connectivity index (χ4n) is 3.26. The molecule has 5 nitrogen and oxygen atoms in total. The Labute approximate surface area is 154 Å². The second-order valence-corrected chi connectivity index (χ2v) is 7.80. The van der Waals surface area contributed by atoms with Crippen molar-refractivity contribution in [3.8, 4) is 0 Å². The van der Waals surface area contributed by atoms with Crippen LogP contribution in [0.4, 0.5) is 5.69 Å². The average Bonchev–Trinajstić information content (AvgIpc) is 2.92. The van der Waals surface area contributed by atoms with E-state index < -0.39 is 0 Å². The highest BCUT2D eigenvalue weighted by Gasteiger charge is 2.13. The maximum atomic E-state index is 4.47. The van der Waals surface area contributed by atoms with Crippen molar-refractivity contribution in [3.63, 3.8) is 0 Å². The molecule has 0 amide bonds. The van der Waals surface area contributed by atoms with Crippen LogP contribution in [0.3, 0.4) is 0 Å². The van der Waals surface area contributed by atoms with Crippen molar-refractivity contribution in [1.82, 2.24) is 15.6 Å². The number of aryl methyl sites for hydroxylation is 3. The molecule has 1 aromatic carbocycles. The molecule has 2 heterocycles. The lowest BCUT2D eigenvalue weighted by atomic mass is 9.99. The van der Waals surface area contributed by atoms with E-state index in [1.54, 1.807) is 11.3 Å². The van der Waals surface area contributed by atoms with Crippen LogP contribution in [0.25, 0.3) is 0 Å². The first-order valence-corrected chi connectivity index (χ1v) is 9.59. The van der Waals surface area contributed by atoms with Crippen molar-refractivity contribution in [3.05, 3.63) is 44.9 Å². The summed E-state index contributed by atoms with van der Waals surface area (Å²) in [4.78, 5) is 12.4. The minimum Gasteiger partial charge on any atom is -0.374 e. The highest BCUT2D eigenvalue weighted by atomic mass is 32.1. The normalized spacial score (nSPS) is 14.4. The van der Waals surface area contributed by atoms with Crippen molar-refractivity contribution in [1.29, 1.82) is 0 Å². The van der Waals surface area contributed by atoms with Crippen LogP contribution in [0.15, 0.2) is 23.2 Å². The number of hydrogen-bond acceptors (Lipinski definition) is 4. The first kappa shape index (κ1) is 17.7. The Morgan fingerprint density at radius 3 is 2.80 bits per heavy atom. The largest absolute Gasteiger partial charge is 0.374 e. The number of anilines is 1. The first-order valence-electron chi connectivity index (χ1n) is 8.77. The van der Waals surface area contributed by atoms with E-state index in [0.717, 1.165) is 36.3 Å². The van der Waals surface area contributed by atoms with Gasteiger partial charge in [0.15, 0.2) is 5.96 Å².